The maximum Gasteiger partial charge on any atom is 0.255 e. The van der Waals surface area contributed by atoms with Crippen molar-refractivity contribution >= 4 is 5.91 Å². The minimum Gasteiger partial charge on any atom is -0.493 e. The van der Waals surface area contributed by atoms with E-state index in [-0.39, 0.29) is 11.1 Å². The first-order valence-electron chi connectivity index (χ1n) is 6.94. The Kier molecular flexibility index (Phi) is 5.16. The van der Waals surface area contributed by atoms with E-state index in [0.29, 0.717) is 11.5 Å². The van der Waals surface area contributed by atoms with E-state index in [2.05, 4.69) is 5.32 Å². The largest absolute Gasteiger partial charge is 0.493 e. The summed E-state index contributed by atoms with van der Waals surface area (Å²) in [7, 11) is 2.90. The highest BCUT2D eigenvalue weighted by Gasteiger charge is 2.20. The highest BCUT2D eigenvalue weighted by atomic mass is 19.1. The molecule has 122 valence electrons. The molecular weight excluding hydrogens is 304 g/mol. The average Bonchev–Trinajstić information content (AvgIpc) is 2.53. The molecule has 0 bridgehead atoms. The fraction of sp³-hybridized carbons (Fsp3) is 0.235. The van der Waals surface area contributed by atoms with E-state index in [1.54, 1.807) is 25.1 Å². The van der Waals surface area contributed by atoms with Gasteiger partial charge in [0.05, 0.1) is 25.8 Å². The van der Waals surface area contributed by atoms with Crippen LogP contribution in [0.15, 0.2) is 36.4 Å². The monoisotopic (exact) mass is 321 g/mol. The van der Waals surface area contributed by atoms with Crippen LogP contribution >= 0.6 is 0 Å². The molecule has 1 unspecified atom stereocenters. The summed E-state index contributed by atoms with van der Waals surface area (Å²) in [5.74, 6) is -1.12. The van der Waals surface area contributed by atoms with Gasteiger partial charge in [-0.2, -0.15) is 0 Å². The number of carbonyl (C=O) groups excluding carboxylic acids is 1. The van der Waals surface area contributed by atoms with E-state index < -0.39 is 23.6 Å². The Morgan fingerprint density at radius 1 is 1.13 bits per heavy atom. The lowest BCUT2D eigenvalue weighted by Crippen LogP contribution is -2.27. The molecule has 2 aromatic carbocycles. The Balaban J connectivity index is 2.25. The summed E-state index contributed by atoms with van der Waals surface area (Å²) in [6.45, 7) is 1.61. The number of methoxy groups -OCH3 is 2. The van der Waals surface area contributed by atoms with Crippen molar-refractivity contribution in [2.75, 3.05) is 14.2 Å². The Morgan fingerprint density at radius 2 is 1.87 bits per heavy atom. The van der Waals surface area contributed by atoms with Crippen LogP contribution < -0.4 is 14.8 Å². The van der Waals surface area contributed by atoms with Crippen molar-refractivity contribution in [1.82, 2.24) is 5.32 Å². The minimum absolute atomic E-state index is 0.196. The summed E-state index contributed by atoms with van der Waals surface area (Å²) in [4.78, 5) is 12.4. The van der Waals surface area contributed by atoms with Crippen LogP contribution in [0.25, 0.3) is 0 Å². The van der Waals surface area contributed by atoms with Gasteiger partial charge >= 0.3 is 0 Å². The number of para-hydroxylation sites is 1. The first-order chi connectivity index (χ1) is 11.0. The van der Waals surface area contributed by atoms with E-state index in [1.165, 1.54) is 20.3 Å². The molecule has 0 heterocycles. The molecule has 1 N–H and O–H groups in total. The highest BCUT2D eigenvalue weighted by molar-refractivity contribution is 5.98. The predicted octanol–water partition coefficient (Wildman–Crippen LogP) is 3.47. The molecule has 1 amide bonds. The number of benzene rings is 2. The summed E-state index contributed by atoms with van der Waals surface area (Å²) >= 11 is 0. The Hall–Kier alpha value is -2.63. The molecule has 0 radical (unpaired) electrons. The maximum absolute atomic E-state index is 13.8. The molecule has 0 saturated heterocycles. The van der Waals surface area contributed by atoms with E-state index >= 15 is 0 Å². The molecule has 6 heteroatoms. The van der Waals surface area contributed by atoms with Gasteiger partial charge in [0.1, 0.15) is 11.6 Å². The van der Waals surface area contributed by atoms with Crippen LogP contribution in [0.5, 0.6) is 11.5 Å². The minimum atomic E-state index is -0.713. The van der Waals surface area contributed by atoms with Crippen molar-refractivity contribution in [2.24, 2.45) is 0 Å². The third-order valence-electron chi connectivity index (χ3n) is 3.42. The topological polar surface area (TPSA) is 47.6 Å². The number of hydrogen-bond donors (Lipinski definition) is 1. The van der Waals surface area contributed by atoms with Crippen molar-refractivity contribution in [3.05, 3.63) is 59.2 Å². The van der Waals surface area contributed by atoms with Crippen LogP contribution in [-0.2, 0) is 0 Å². The van der Waals surface area contributed by atoms with Gasteiger partial charge in [-0.25, -0.2) is 8.78 Å². The van der Waals surface area contributed by atoms with Gasteiger partial charge in [0.2, 0.25) is 0 Å². The fourth-order valence-corrected chi connectivity index (χ4v) is 2.27. The van der Waals surface area contributed by atoms with Gasteiger partial charge in [0.15, 0.2) is 11.5 Å². The zero-order chi connectivity index (χ0) is 17.0. The van der Waals surface area contributed by atoms with Crippen molar-refractivity contribution in [3.63, 3.8) is 0 Å². The van der Waals surface area contributed by atoms with Crippen LogP contribution in [0.1, 0.15) is 28.9 Å². The Morgan fingerprint density at radius 3 is 2.48 bits per heavy atom. The van der Waals surface area contributed by atoms with Crippen LogP contribution in [-0.4, -0.2) is 20.1 Å². The number of ether oxygens (including phenoxy) is 2. The molecule has 0 aromatic heterocycles. The van der Waals surface area contributed by atoms with Crippen molar-refractivity contribution in [1.29, 1.82) is 0 Å². The number of nitrogens with one attached hydrogen (secondary N) is 1. The van der Waals surface area contributed by atoms with Crippen LogP contribution in [0.2, 0.25) is 0 Å². The first kappa shape index (κ1) is 16.7. The summed E-state index contributed by atoms with van der Waals surface area (Å²) in [5, 5.41) is 2.66. The number of hydrogen-bond acceptors (Lipinski definition) is 3. The second kappa shape index (κ2) is 7.09. The summed E-state index contributed by atoms with van der Waals surface area (Å²) in [6, 6.07) is 7.48. The fourth-order valence-electron chi connectivity index (χ4n) is 2.27. The SMILES string of the molecule is COc1cccc(C(=O)NC(C)c2ccc(F)cc2F)c1OC. The van der Waals surface area contributed by atoms with E-state index in [0.717, 1.165) is 12.1 Å². The summed E-state index contributed by atoms with van der Waals surface area (Å²) < 4.78 is 37.1. The van der Waals surface area contributed by atoms with Gasteiger partial charge in [-0.15, -0.1) is 0 Å². The third-order valence-corrected chi connectivity index (χ3v) is 3.42. The lowest BCUT2D eigenvalue weighted by molar-refractivity contribution is 0.0935. The summed E-state index contributed by atoms with van der Waals surface area (Å²) in [5.41, 5.74) is 0.461. The van der Waals surface area contributed by atoms with E-state index in [1.807, 2.05) is 0 Å². The molecule has 0 aliphatic heterocycles. The van der Waals surface area contributed by atoms with Gasteiger partial charge < -0.3 is 14.8 Å². The zero-order valence-electron chi connectivity index (χ0n) is 13.0. The van der Waals surface area contributed by atoms with Crippen molar-refractivity contribution in [2.45, 2.75) is 13.0 Å². The molecule has 0 aliphatic rings. The first-order valence-corrected chi connectivity index (χ1v) is 6.94. The molecule has 2 rings (SSSR count). The second-order valence-electron chi connectivity index (χ2n) is 4.90. The molecule has 0 spiro atoms. The lowest BCUT2D eigenvalue weighted by atomic mass is 10.1. The number of halogens is 2. The number of amides is 1. The molecular formula is C17H17F2NO3. The predicted molar refractivity (Wildman–Crippen MR) is 81.8 cm³/mol. The lowest BCUT2D eigenvalue weighted by Gasteiger charge is -2.17. The Bertz CT molecular complexity index is 719. The van der Waals surface area contributed by atoms with E-state index in [9.17, 15) is 13.6 Å². The van der Waals surface area contributed by atoms with Gasteiger partial charge in [0.25, 0.3) is 5.91 Å². The van der Waals surface area contributed by atoms with Crippen LogP contribution in [0.3, 0.4) is 0 Å². The van der Waals surface area contributed by atoms with Gasteiger partial charge in [0, 0.05) is 11.6 Å². The van der Waals surface area contributed by atoms with Gasteiger partial charge in [-0.3, -0.25) is 4.79 Å². The van der Waals surface area contributed by atoms with E-state index in [4.69, 9.17) is 9.47 Å². The second-order valence-corrected chi connectivity index (χ2v) is 4.90. The molecule has 23 heavy (non-hydrogen) atoms. The zero-order valence-corrected chi connectivity index (χ0v) is 13.0. The molecule has 1 atom stereocenters. The molecule has 0 fully saturated rings. The highest BCUT2D eigenvalue weighted by Crippen LogP contribution is 2.31. The van der Waals surface area contributed by atoms with Crippen LogP contribution in [0.4, 0.5) is 8.78 Å². The standard InChI is InChI=1S/C17H17F2NO3/c1-10(12-8-7-11(18)9-14(12)19)20-17(21)13-5-4-6-15(22-2)16(13)23-3/h4-10H,1-3H3,(H,20,21). The van der Waals surface area contributed by atoms with Crippen LogP contribution in [0, 0.1) is 11.6 Å². The quantitative estimate of drug-likeness (QED) is 0.917. The molecule has 4 nitrogen and oxygen atoms in total. The van der Waals surface area contributed by atoms with Gasteiger partial charge in [-0.1, -0.05) is 12.1 Å². The average molecular weight is 321 g/mol. The smallest absolute Gasteiger partial charge is 0.255 e. The molecule has 2 aromatic rings. The molecule has 0 aliphatic carbocycles. The summed E-state index contributed by atoms with van der Waals surface area (Å²) in [6.07, 6.45) is 0. The molecule has 0 saturated carbocycles. The number of rotatable bonds is 5. The Labute approximate surface area is 133 Å². The number of carbonyl (C=O) groups is 1. The van der Waals surface area contributed by atoms with Crippen molar-refractivity contribution in [3.8, 4) is 11.5 Å². The maximum atomic E-state index is 13.8. The third kappa shape index (κ3) is 3.59. The van der Waals surface area contributed by atoms with Gasteiger partial charge in [-0.05, 0) is 25.1 Å². The normalized spacial score (nSPS) is 11.7. The van der Waals surface area contributed by atoms with Crippen molar-refractivity contribution < 1.29 is 23.0 Å².